The second kappa shape index (κ2) is 5.14. The van der Waals surface area contributed by atoms with Gasteiger partial charge in [-0.05, 0) is 36.8 Å². The fourth-order valence-electron chi connectivity index (χ4n) is 1.01. The lowest BCUT2D eigenvalue weighted by molar-refractivity contribution is 0.776. The Morgan fingerprint density at radius 1 is 1.43 bits per heavy atom. The summed E-state index contributed by atoms with van der Waals surface area (Å²) in [5.74, 6) is 0. The number of hydrazine groups is 1. The lowest BCUT2D eigenvalue weighted by Crippen LogP contribution is -2.37. The first kappa shape index (κ1) is 11.2. The molecule has 0 aliphatic rings. The Hall–Kier alpha value is -0.840. The van der Waals surface area contributed by atoms with E-state index < -0.39 is 0 Å². The number of nitrogens with one attached hydrogen (secondary N) is 3. The van der Waals surface area contributed by atoms with Crippen molar-refractivity contribution in [1.82, 2.24) is 10.9 Å². The van der Waals surface area contributed by atoms with Gasteiger partial charge < -0.3 is 5.32 Å². The van der Waals surface area contributed by atoms with Gasteiger partial charge >= 0.3 is 0 Å². The molecule has 0 unspecified atom stereocenters. The van der Waals surface area contributed by atoms with Crippen LogP contribution in [0.2, 0.25) is 5.02 Å². The van der Waals surface area contributed by atoms with E-state index in [1.54, 1.807) is 7.05 Å². The van der Waals surface area contributed by atoms with Gasteiger partial charge in [-0.3, -0.25) is 5.43 Å². The van der Waals surface area contributed by atoms with Gasteiger partial charge in [0.05, 0.1) is 0 Å². The van der Waals surface area contributed by atoms with E-state index in [2.05, 4.69) is 16.2 Å². The van der Waals surface area contributed by atoms with Crippen molar-refractivity contribution < 1.29 is 0 Å². The SMILES string of the molecule is CNNC(=S)Nc1cccc(Cl)c1C. The van der Waals surface area contributed by atoms with Crippen molar-refractivity contribution in [2.24, 2.45) is 0 Å². The van der Waals surface area contributed by atoms with Gasteiger partial charge in [-0.15, -0.1) is 0 Å². The first-order chi connectivity index (χ1) is 6.65. The van der Waals surface area contributed by atoms with Crippen LogP contribution in [0.15, 0.2) is 18.2 Å². The first-order valence-corrected chi connectivity index (χ1v) is 4.92. The van der Waals surface area contributed by atoms with Gasteiger partial charge in [0.2, 0.25) is 0 Å². The summed E-state index contributed by atoms with van der Waals surface area (Å²) < 4.78 is 0. The van der Waals surface area contributed by atoms with Crippen molar-refractivity contribution in [3.05, 3.63) is 28.8 Å². The van der Waals surface area contributed by atoms with Crippen LogP contribution in [-0.4, -0.2) is 12.2 Å². The van der Waals surface area contributed by atoms with Gasteiger partial charge in [0, 0.05) is 17.8 Å². The highest BCUT2D eigenvalue weighted by Crippen LogP contribution is 2.22. The largest absolute Gasteiger partial charge is 0.331 e. The second-order valence-electron chi connectivity index (χ2n) is 2.74. The van der Waals surface area contributed by atoms with Crippen molar-refractivity contribution in [3.8, 4) is 0 Å². The topological polar surface area (TPSA) is 36.1 Å². The summed E-state index contributed by atoms with van der Waals surface area (Å²) in [5.41, 5.74) is 7.39. The third-order valence-electron chi connectivity index (χ3n) is 1.75. The zero-order valence-electron chi connectivity index (χ0n) is 8.02. The molecule has 14 heavy (non-hydrogen) atoms. The highest BCUT2D eigenvalue weighted by molar-refractivity contribution is 7.80. The molecule has 3 N–H and O–H groups in total. The Labute approximate surface area is 93.8 Å². The minimum absolute atomic E-state index is 0.512. The van der Waals surface area contributed by atoms with E-state index in [9.17, 15) is 0 Å². The second-order valence-corrected chi connectivity index (χ2v) is 3.56. The highest BCUT2D eigenvalue weighted by atomic mass is 35.5. The van der Waals surface area contributed by atoms with E-state index >= 15 is 0 Å². The van der Waals surface area contributed by atoms with Crippen LogP contribution in [0.25, 0.3) is 0 Å². The van der Waals surface area contributed by atoms with Crippen LogP contribution >= 0.6 is 23.8 Å². The number of halogens is 1. The molecule has 0 spiro atoms. The standard InChI is InChI=1S/C9H12ClN3S/c1-6-7(10)4-3-5-8(6)12-9(14)13-11-2/h3-5,11H,1-2H3,(H2,12,13,14). The van der Waals surface area contributed by atoms with Crippen molar-refractivity contribution in [3.63, 3.8) is 0 Å². The fraction of sp³-hybridized carbons (Fsp3) is 0.222. The summed E-state index contributed by atoms with van der Waals surface area (Å²) in [6.07, 6.45) is 0. The maximum absolute atomic E-state index is 5.96. The van der Waals surface area contributed by atoms with Gasteiger partial charge in [0.25, 0.3) is 0 Å². The van der Waals surface area contributed by atoms with Crippen LogP contribution in [0.1, 0.15) is 5.56 Å². The lowest BCUT2D eigenvalue weighted by atomic mass is 10.2. The monoisotopic (exact) mass is 229 g/mol. The average Bonchev–Trinajstić information content (AvgIpc) is 2.13. The Kier molecular flexibility index (Phi) is 4.13. The van der Waals surface area contributed by atoms with E-state index in [0.717, 1.165) is 16.3 Å². The maximum Gasteiger partial charge on any atom is 0.185 e. The molecule has 0 radical (unpaired) electrons. The highest BCUT2D eigenvalue weighted by Gasteiger charge is 2.02. The third-order valence-corrected chi connectivity index (χ3v) is 2.37. The molecule has 1 aromatic carbocycles. The summed E-state index contributed by atoms with van der Waals surface area (Å²) >= 11 is 11.0. The van der Waals surface area contributed by atoms with E-state index in [1.807, 2.05) is 25.1 Å². The fourth-order valence-corrected chi connectivity index (χ4v) is 1.40. The number of thiocarbonyl (C=S) groups is 1. The zero-order valence-corrected chi connectivity index (χ0v) is 9.59. The van der Waals surface area contributed by atoms with E-state index in [1.165, 1.54) is 0 Å². The minimum atomic E-state index is 0.512. The van der Waals surface area contributed by atoms with E-state index in [0.29, 0.717) is 5.11 Å². The molecule has 1 aromatic rings. The Balaban J connectivity index is 2.76. The number of rotatable bonds is 2. The molecule has 0 aliphatic carbocycles. The number of anilines is 1. The molecule has 76 valence electrons. The summed E-state index contributed by atoms with van der Waals surface area (Å²) in [4.78, 5) is 0. The number of hydrogen-bond donors (Lipinski definition) is 3. The molecular formula is C9H12ClN3S. The molecule has 0 bridgehead atoms. The molecule has 0 heterocycles. The number of benzene rings is 1. The molecule has 5 heteroatoms. The predicted octanol–water partition coefficient (Wildman–Crippen LogP) is 2.07. The van der Waals surface area contributed by atoms with Gasteiger partial charge in [0.1, 0.15) is 0 Å². The van der Waals surface area contributed by atoms with Crippen molar-refractivity contribution in [2.75, 3.05) is 12.4 Å². The van der Waals surface area contributed by atoms with Crippen molar-refractivity contribution in [1.29, 1.82) is 0 Å². The molecule has 3 nitrogen and oxygen atoms in total. The lowest BCUT2D eigenvalue weighted by Gasteiger charge is -2.11. The summed E-state index contributed by atoms with van der Waals surface area (Å²) in [6.45, 7) is 1.94. The smallest absolute Gasteiger partial charge is 0.185 e. The molecule has 0 fully saturated rings. The molecule has 0 aliphatic heterocycles. The van der Waals surface area contributed by atoms with Crippen LogP contribution < -0.4 is 16.2 Å². The average molecular weight is 230 g/mol. The molecular weight excluding hydrogens is 218 g/mol. The van der Waals surface area contributed by atoms with Crippen LogP contribution in [0, 0.1) is 6.92 Å². The first-order valence-electron chi connectivity index (χ1n) is 4.14. The molecule has 0 atom stereocenters. The van der Waals surface area contributed by atoms with Crippen LogP contribution in [0.5, 0.6) is 0 Å². The van der Waals surface area contributed by atoms with Crippen molar-refractivity contribution in [2.45, 2.75) is 6.92 Å². The van der Waals surface area contributed by atoms with Crippen molar-refractivity contribution >= 4 is 34.6 Å². The molecule has 0 saturated carbocycles. The maximum atomic E-state index is 5.96. The van der Waals surface area contributed by atoms with Crippen LogP contribution in [0.4, 0.5) is 5.69 Å². The molecule has 0 amide bonds. The predicted molar refractivity (Wildman–Crippen MR) is 64.6 cm³/mol. The Morgan fingerprint density at radius 2 is 2.14 bits per heavy atom. The molecule has 0 saturated heterocycles. The van der Waals surface area contributed by atoms with Gasteiger partial charge in [0.15, 0.2) is 5.11 Å². The summed E-state index contributed by atoms with van der Waals surface area (Å²) in [6, 6.07) is 5.64. The molecule has 0 aromatic heterocycles. The Bertz CT molecular complexity index is 341. The van der Waals surface area contributed by atoms with Gasteiger partial charge in [-0.2, -0.15) is 0 Å². The normalized spacial score (nSPS) is 9.64. The Morgan fingerprint density at radius 3 is 2.79 bits per heavy atom. The molecule has 1 rings (SSSR count). The van der Waals surface area contributed by atoms with Gasteiger partial charge in [-0.25, -0.2) is 5.43 Å². The minimum Gasteiger partial charge on any atom is -0.331 e. The van der Waals surface area contributed by atoms with Crippen LogP contribution in [-0.2, 0) is 0 Å². The summed E-state index contributed by atoms with van der Waals surface area (Å²) in [5, 5.41) is 4.26. The number of hydrogen-bond acceptors (Lipinski definition) is 2. The summed E-state index contributed by atoms with van der Waals surface area (Å²) in [7, 11) is 1.75. The zero-order chi connectivity index (χ0) is 10.6. The van der Waals surface area contributed by atoms with E-state index in [4.69, 9.17) is 23.8 Å². The van der Waals surface area contributed by atoms with Crippen LogP contribution in [0.3, 0.4) is 0 Å². The van der Waals surface area contributed by atoms with E-state index in [-0.39, 0.29) is 0 Å². The van der Waals surface area contributed by atoms with Gasteiger partial charge in [-0.1, -0.05) is 17.7 Å². The third kappa shape index (κ3) is 2.83. The quantitative estimate of drug-likeness (QED) is 0.536.